The minimum absolute atomic E-state index is 0.0838. The molecule has 0 saturated carbocycles. The number of carbonyl (C=O) groups is 1. The van der Waals surface area contributed by atoms with Crippen molar-refractivity contribution in [2.75, 3.05) is 0 Å². The summed E-state index contributed by atoms with van der Waals surface area (Å²) < 4.78 is 83.9. The van der Waals surface area contributed by atoms with Crippen molar-refractivity contribution in [1.82, 2.24) is 10.3 Å². The molecule has 0 aliphatic heterocycles. The Bertz CT molecular complexity index is 1000. The molecule has 1 aromatic heterocycles. The summed E-state index contributed by atoms with van der Waals surface area (Å²) in [6.07, 6.45) is -11.1. The molecule has 0 spiro atoms. The predicted molar refractivity (Wildman–Crippen MR) is 90.7 cm³/mol. The van der Waals surface area contributed by atoms with E-state index in [9.17, 15) is 31.1 Å². The van der Waals surface area contributed by atoms with Crippen molar-refractivity contribution >= 4 is 16.8 Å². The fourth-order valence-corrected chi connectivity index (χ4v) is 3.12. The first-order valence-electron chi connectivity index (χ1n) is 8.07. The molecule has 0 unspecified atom stereocenters. The van der Waals surface area contributed by atoms with E-state index in [-0.39, 0.29) is 22.0 Å². The second-order valence-corrected chi connectivity index (χ2v) is 6.26. The topological polar surface area (TPSA) is 44.9 Å². The Morgan fingerprint density at radius 2 is 1.46 bits per heavy atom. The number of alkyl halides is 6. The van der Waals surface area contributed by atoms with Gasteiger partial charge in [-0.1, -0.05) is 36.4 Å². The number of H-pyrrole nitrogens is 1. The Kier molecular flexibility index (Phi) is 4.64. The highest BCUT2D eigenvalue weighted by Gasteiger charge is 2.73. The van der Waals surface area contributed by atoms with Crippen LogP contribution in [0.3, 0.4) is 0 Å². The van der Waals surface area contributed by atoms with Gasteiger partial charge >= 0.3 is 12.4 Å². The lowest BCUT2D eigenvalue weighted by Gasteiger charge is -2.38. The number of benzene rings is 2. The molecule has 3 rings (SSSR count). The molecule has 9 heteroatoms. The minimum atomic E-state index is -5.85. The molecule has 0 bridgehead atoms. The van der Waals surface area contributed by atoms with Crippen LogP contribution in [0.2, 0.25) is 0 Å². The van der Waals surface area contributed by atoms with Crippen molar-refractivity contribution in [2.45, 2.75) is 24.8 Å². The molecule has 0 saturated heterocycles. The molecule has 28 heavy (non-hydrogen) atoms. The van der Waals surface area contributed by atoms with Gasteiger partial charge < -0.3 is 10.3 Å². The largest absolute Gasteiger partial charge is 0.424 e. The zero-order valence-electron chi connectivity index (χ0n) is 14.4. The van der Waals surface area contributed by atoms with Crippen molar-refractivity contribution in [1.29, 1.82) is 0 Å². The van der Waals surface area contributed by atoms with Crippen molar-refractivity contribution in [3.63, 3.8) is 0 Å². The van der Waals surface area contributed by atoms with Gasteiger partial charge in [-0.3, -0.25) is 4.79 Å². The first-order chi connectivity index (χ1) is 13.0. The average Bonchev–Trinajstić information content (AvgIpc) is 3.02. The van der Waals surface area contributed by atoms with Crippen molar-refractivity contribution in [3.05, 3.63) is 71.4 Å². The zero-order chi connectivity index (χ0) is 20.7. The number of fused-ring (bicyclic) bond motifs is 1. The second kappa shape index (κ2) is 6.57. The highest BCUT2D eigenvalue weighted by molar-refractivity contribution is 5.97. The van der Waals surface area contributed by atoms with Crippen LogP contribution in [-0.2, 0) is 5.54 Å². The van der Waals surface area contributed by atoms with E-state index in [1.165, 1.54) is 48.6 Å². The molecular formula is C19H14F6N2O. The van der Waals surface area contributed by atoms with Gasteiger partial charge in [0, 0.05) is 28.2 Å². The summed E-state index contributed by atoms with van der Waals surface area (Å²) >= 11 is 0. The molecule has 2 aromatic carbocycles. The Morgan fingerprint density at radius 3 is 2.07 bits per heavy atom. The zero-order valence-corrected chi connectivity index (χ0v) is 14.4. The van der Waals surface area contributed by atoms with Gasteiger partial charge in [0.25, 0.3) is 11.4 Å². The molecule has 148 valence electrons. The van der Waals surface area contributed by atoms with Crippen molar-refractivity contribution in [3.8, 4) is 0 Å². The third-order valence-corrected chi connectivity index (χ3v) is 4.53. The highest BCUT2D eigenvalue weighted by atomic mass is 19.4. The van der Waals surface area contributed by atoms with Gasteiger partial charge in [0.2, 0.25) is 0 Å². The van der Waals surface area contributed by atoms with E-state index in [2.05, 4.69) is 4.98 Å². The number of carbonyl (C=O) groups excluding carboxylic acids is 1. The van der Waals surface area contributed by atoms with Gasteiger partial charge in [0.15, 0.2) is 0 Å². The van der Waals surface area contributed by atoms with Crippen LogP contribution in [0.1, 0.15) is 21.5 Å². The van der Waals surface area contributed by atoms with Crippen LogP contribution in [0.5, 0.6) is 0 Å². The van der Waals surface area contributed by atoms with E-state index in [1.54, 1.807) is 0 Å². The monoisotopic (exact) mass is 400 g/mol. The van der Waals surface area contributed by atoms with E-state index in [4.69, 9.17) is 0 Å². The van der Waals surface area contributed by atoms with Gasteiger partial charge in [-0.2, -0.15) is 26.3 Å². The highest BCUT2D eigenvalue weighted by Crippen LogP contribution is 2.52. The first kappa shape index (κ1) is 19.8. The fourth-order valence-electron chi connectivity index (χ4n) is 3.12. The quantitative estimate of drug-likeness (QED) is 0.582. The third kappa shape index (κ3) is 3.00. The Hall–Kier alpha value is -2.97. The van der Waals surface area contributed by atoms with Crippen LogP contribution >= 0.6 is 0 Å². The minimum Gasteiger partial charge on any atom is -0.361 e. The molecule has 0 radical (unpaired) electrons. The summed E-state index contributed by atoms with van der Waals surface area (Å²) in [7, 11) is 0. The molecule has 1 heterocycles. The van der Waals surface area contributed by atoms with E-state index in [0.29, 0.717) is 6.20 Å². The number of rotatable bonds is 3. The molecule has 3 nitrogen and oxygen atoms in total. The fraction of sp³-hybridized carbons (Fsp3) is 0.211. The van der Waals surface area contributed by atoms with E-state index >= 15 is 0 Å². The lowest BCUT2D eigenvalue weighted by Crippen LogP contribution is -2.64. The summed E-state index contributed by atoms with van der Waals surface area (Å²) in [4.78, 5) is 14.9. The van der Waals surface area contributed by atoms with E-state index < -0.39 is 29.4 Å². The molecule has 0 atom stereocenters. The smallest absolute Gasteiger partial charge is 0.361 e. The summed E-state index contributed by atoms with van der Waals surface area (Å²) in [5.74, 6) is -1.47. The molecule has 1 amide bonds. The number of aryl methyl sites for hydroxylation is 1. The number of aromatic nitrogens is 1. The van der Waals surface area contributed by atoms with E-state index in [0.717, 1.165) is 12.1 Å². The number of nitrogens with one attached hydrogen (secondary N) is 2. The number of hydrogen-bond donors (Lipinski definition) is 2. The second-order valence-electron chi connectivity index (χ2n) is 6.26. The number of aromatic amines is 1. The molecule has 0 fully saturated rings. The maximum atomic E-state index is 14.0. The van der Waals surface area contributed by atoms with Crippen LogP contribution in [0.25, 0.3) is 10.9 Å². The molecule has 2 N–H and O–H groups in total. The maximum absolute atomic E-state index is 14.0. The van der Waals surface area contributed by atoms with Crippen LogP contribution in [0.4, 0.5) is 26.3 Å². The van der Waals surface area contributed by atoms with E-state index in [1.807, 2.05) is 0 Å². The van der Waals surface area contributed by atoms with Gasteiger partial charge in [-0.25, -0.2) is 0 Å². The lowest BCUT2D eigenvalue weighted by atomic mass is 9.87. The summed E-state index contributed by atoms with van der Waals surface area (Å²) in [5, 5.41) is 0.964. The van der Waals surface area contributed by atoms with Crippen LogP contribution in [-0.4, -0.2) is 23.2 Å². The van der Waals surface area contributed by atoms with Crippen LogP contribution in [0, 0.1) is 6.92 Å². The molecule has 0 aliphatic rings. The predicted octanol–water partition coefficient (Wildman–Crippen LogP) is 5.23. The average molecular weight is 400 g/mol. The number of para-hydroxylation sites is 1. The van der Waals surface area contributed by atoms with Crippen molar-refractivity contribution in [2.24, 2.45) is 0 Å². The maximum Gasteiger partial charge on any atom is 0.424 e. The van der Waals surface area contributed by atoms with Crippen molar-refractivity contribution < 1.29 is 31.1 Å². The van der Waals surface area contributed by atoms with Gasteiger partial charge in [0.05, 0.1) is 0 Å². The summed E-state index contributed by atoms with van der Waals surface area (Å²) in [5.41, 5.74) is -5.65. The summed E-state index contributed by atoms with van der Waals surface area (Å²) in [6, 6.07) is 10.7. The number of hydrogen-bond acceptors (Lipinski definition) is 1. The lowest BCUT2D eigenvalue weighted by molar-refractivity contribution is -0.309. The number of halogens is 6. The normalized spacial score (nSPS) is 13.0. The van der Waals surface area contributed by atoms with Gasteiger partial charge in [0.1, 0.15) is 0 Å². The molecule has 3 aromatic rings. The summed E-state index contributed by atoms with van der Waals surface area (Å²) in [6.45, 7) is 1.42. The van der Waals surface area contributed by atoms with Gasteiger partial charge in [-0.15, -0.1) is 0 Å². The first-order valence-corrected chi connectivity index (χ1v) is 8.07. The molecule has 0 aliphatic carbocycles. The third-order valence-electron chi connectivity index (χ3n) is 4.53. The Morgan fingerprint density at radius 1 is 0.893 bits per heavy atom. The number of amides is 1. The van der Waals surface area contributed by atoms with Gasteiger partial charge in [-0.05, 0) is 24.6 Å². The Balaban J connectivity index is 2.26. The van der Waals surface area contributed by atoms with Crippen LogP contribution < -0.4 is 5.32 Å². The standard InChI is InChI=1S/C19H14F6N2O/c1-11-6-2-3-7-12(11)16(28)27-17(18(20,21)22,19(23,24)25)14-10-26-15-9-5-4-8-13(14)15/h2-10,26H,1H3,(H,27,28). The van der Waals surface area contributed by atoms with Crippen LogP contribution in [0.15, 0.2) is 54.7 Å². The Labute approximate surface area is 155 Å². The molecular weight excluding hydrogens is 386 g/mol. The SMILES string of the molecule is Cc1ccccc1C(=O)NC(c1c[nH]c2ccccc12)(C(F)(F)F)C(F)(F)F.